The minimum absolute atomic E-state index is 0.240. The van der Waals surface area contributed by atoms with Crippen molar-refractivity contribution in [1.82, 2.24) is 20.0 Å². The van der Waals surface area contributed by atoms with Crippen molar-refractivity contribution in [1.29, 1.82) is 0 Å². The number of carbonyl (C=O) groups is 1. The fourth-order valence-electron chi connectivity index (χ4n) is 2.82. The van der Waals surface area contributed by atoms with Gasteiger partial charge in [0.05, 0.1) is 5.69 Å². The van der Waals surface area contributed by atoms with Crippen LogP contribution in [0.5, 0.6) is 0 Å². The molecule has 0 saturated carbocycles. The van der Waals surface area contributed by atoms with Gasteiger partial charge in [-0.25, -0.2) is 9.07 Å². The minimum atomic E-state index is -0.681. The molecule has 1 N–H and O–H groups in total. The average molecular weight is 352 g/mol. The summed E-state index contributed by atoms with van der Waals surface area (Å²) in [6.45, 7) is 0.372. The first kappa shape index (κ1) is 17.8. The Kier molecular flexibility index (Phi) is 5.43. The predicted octanol–water partition coefficient (Wildman–Crippen LogP) is 2.93. The molecule has 0 fully saturated rings. The van der Waals surface area contributed by atoms with E-state index in [1.54, 1.807) is 48.1 Å². The van der Waals surface area contributed by atoms with E-state index in [-0.39, 0.29) is 11.7 Å². The molecule has 3 rings (SSSR count). The van der Waals surface area contributed by atoms with E-state index < -0.39 is 6.04 Å². The van der Waals surface area contributed by atoms with Crippen molar-refractivity contribution in [2.45, 2.75) is 12.6 Å². The van der Waals surface area contributed by atoms with Gasteiger partial charge < -0.3 is 5.32 Å². The lowest BCUT2D eigenvalue weighted by molar-refractivity contribution is -0.126. The molecule has 1 heterocycles. The topological polar surface area (TPSA) is 50.2 Å². The van der Waals surface area contributed by atoms with Crippen LogP contribution in [0.1, 0.15) is 17.2 Å². The van der Waals surface area contributed by atoms with Gasteiger partial charge in [0.25, 0.3) is 0 Å². The maximum absolute atomic E-state index is 14.1. The molecule has 1 unspecified atom stereocenters. The zero-order chi connectivity index (χ0) is 18.5. The van der Waals surface area contributed by atoms with Crippen LogP contribution in [0.2, 0.25) is 0 Å². The highest BCUT2D eigenvalue weighted by atomic mass is 19.1. The van der Waals surface area contributed by atoms with Crippen LogP contribution in [-0.4, -0.2) is 34.7 Å². The molecule has 2 aromatic carbocycles. The molecular formula is C20H21FN4O. The zero-order valence-corrected chi connectivity index (χ0v) is 14.8. The number of nitrogens with zero attached hydrogens (tertiary/aromatic N) is 3. The van der Waals surface area contributed by atoms with Gasteiger partial charge in [-0.1, -0.05) is 30.3 Å². The van der Waals surface area contributed by atoms with Gasteiger partial charge in [0, 0.05) is 24.5 Å². The van der Waals surface area contributed by atoms with Crippen LogP contribution < -0.4 is 5.32 Å². The summed E-state index contributed by atoms with van der Waals surface area (Å²) in [7, 11) is 3.52. The fraction of sp³-hybridized carbons (Fsp3) is 0.200. The lowest BCUT2D eigenvalue weighted by Crippen LogP contribution is -2.37. The molecule has 1 amide bonds. The molecular weight excluding hydrogens is 331 g/mol. The lowest BCUT2D eigenvalue weighted by Gasteiger charge is -2.24. The monoisotopic (exact) mass is 352 g/mol. The average Bonchev–Trinajstić information content (AvgIpc) is 3.17. The van der Waals surface area contributed by atoms with Crippen LogP contribution in [0.4, 0.5) is 4.39 Å². The molecule has 0 aliphatic rings. The Morgan fingerprint density at radius 2 is 1.88 bits per heavy atom. The van der Waals surface area contributed by atoms with E-state index in [0.717, 1.165) is 11.3 Å². The van der Waals surface area contributed by atoms with E-state index in [2.05, 4.69) is 10.4 Å². The van der Waals surface area contributed by atoms with Gasteiger partial charge in [-0.05, 0) is 43.9 Å². The zero-order valence-electron chi connectivity index (χ0n) is 14.8. The first-order chi connectivity index (χ1) is 12.6. The van der Waals surface area contributed by atoms with E-state index in [0.29, 0.717) is 12.1 Å². The summed E-state index contributed by atoms with van der Waals surface area (Å²) in [6.07, 6.45) is 3.59. The number of aromatic nitrogens is 2. The summed E-state index contributed by atoms with van der Waals surface area (Å²) in [5.41, 5.74) is 2.27. The van der Waals surface area contributed by atoms with Crippen molar-refractivity contribution in [3.8, 4) is 5.69 Å². The fourth-order valence-corrected chi connectivity index (χ4v) is 2.82. The van der Waals surface area contributed by atoms with E-state index in [1.807, 2.05) is 36.5 Å². The Bertz CT molecular complexity index is 860. The van der Waals surface area contributed by atoms with Crippen molar-refractivity contribution in [2.75, 3.05) is 14.1 Å². The Hall–Kier alpha value is -2.99. The Balaban J connectivity index is 1.68. The molecule has 0 saturated heterocycles. The number of halogens is 1. The van der Waals surface area contributed by atoms with Gasteiger partial charge in [-0.2, -0.15) is 5.10 Å². The first-order valence-corrected chi connectivity index (χ1v) is 8.34. The molecule has 5 nitrogen and oxygen atoms in total. The molecule has 3 aromatic rings. The highest BCUT2D eigenvalue weighted by Crippen LogP contribution is 2.21. The SMILES string of the molecule is CN(C)C(C(=O)NCc1ccc(-n2cccn2)cc1)c1ccccc1F. The number of benzene rings is 2. The minimum Gasteiger partial charge on any atom is -0.350 e. The van der Waals surface area contributed by atoms with Crippen molar-refractivity contribution in [3.63, 3.8) is 0 Å². The van der Waals surface area contributed by atoms with Gasteiger partial charge in [0.2, 0.25) is 5.91 Å². The maximum Gasteiger partial charge on any atom is 0.242 e. The van der Waals surface area contributed by atoms with Gasteiger partial charge >= 0.3 is 0 Å². The number of hydrogen-bond acceptors (Lipinski definition) is 3. The number of likely N-dealkylation sites (N-methyl/N-ethyl adjacent to an activating group) is 1. The van der Waals surface area contributed by atoms with Crippen molar-refractivity contribution >= 4 is 5.91 Å². The van der Waals surface area contributed by atoms with Crippen LogP contribution in [0, 0.1) is 5.82 Å². The number of hydrogen-bond donors (Lipinski definition) is 1. The summed E-state index contributed by atoms with van der Waals surface area (Å²) in [5, 5.41) is 7.07. The molecule has 0 spiro atoms. The number of nitrogens with one attached hydrogen (secondary N) is 1. The predicted molar refractivity (Wildman–Crippen MR) is 98.2 cm³/mol. The van der Waals surface area contributed by atoms with Gasteiger partial charge in [0.15, 0.2) is 0 Å². The van der Waals surface area contributed by atoms with Gasteiger partial charge in [-0.3, -0.25) is 9.69 Å². The van der Waals surface area contributed by atoms with E-state index >= 15 is 0 Å². The molecule has 6 heteroatoms. The number of rotatable bonds is 6. The van der Waals surface area contributed by atoms with E-state index in [1.165, 1.54) is 6.07 Å². The van der Waals surface area contributed by atoms with Crippen LogP contribution >= 0.6 is 0 Å². The van der Waals surface area contributed by atoms with Crippen molar-refractivity contribution in [2.24, 2.45) is 0 Å². The molecule has 1 atom stereocenters. The molecule has 0 aliphatic heterocycles. The Morgan fingerprint density at radius 3 is 2.50 bits per heavy atom. The third-order valence-electron chi connectivity index (χ3n) is 4.14. The summed E-state index contributed by atoms with van der Waals surface area (Å²) >= 11 is 0. The normalized spacial score (nSPS) is 12.2. The Labute approximate surface area is 152 Å². The third-order valence-corrected chi connectivity index (χ3v) is 4.14. The lowest BCUT2D eigenvalue weighted by atomic mass is 10.0. The Morgan fingerprint density at radius 1 is 1.15 bits per heavy atom. The van der Waals surface area contributed by atoms with Crippen molar-refractivity contribution < 1.29 is 9.18 Å². The van der Waals surface area contributed by atoms with Crippen LogP contribution in [0.3, 0.4) is 0 Å². The van der Waals surface area contributed by atoms with E-state index in [9.17, 15) is 9.18 Å². The van der Waals surface area contributed by atoms with Crippen LogP contribution in [-0.2, 0) is 11.3 Å². The highest BCUT2D eigenvalue weighted by molar-refractivity contribution is 5.83. The van der Waals surface area contributed by atoms with Crippen molar-refractivity contribution in [3.05, 3.63) is 83.9 Å². The van der Waals surface area contributed by atoms with Gasteiger partial charge in [-0.15, -0.1) is 0 Å². The molecule has 0 radical (unpaired) electrons. The quantitative estimate of drug-likeness (QED) is 0.742. The number of amides is 1. The maximum atomic E-state index is 14.1. The first-order valence-electron chi connectivity index (χ1n) is 8.34. The summed E-state index contributed by atoms with van der Waals surface area (Å²) < 4.78 is 15.9. The molecule has 134 valence electrons. The van der Waals surface area contributed by atoms with Gasteiger partial charge in [0.1, 0.15) is 11.9 Å². The largest absolute Gasteiger partial charge is 0.350 e. The molecule has 0 bridgehead atoms. The second-order valence-electron chi connectivity index (χ2n) is 6.22. The summed E-state index contributed by atoms with van der Waals surface area (Å²) in [5.74, 6) is -0.624. The second kappa shape index (κ2) is 7.93. The van der Waals surface area contributed by atoms with Crippen LogP contribution in [0.15, 0.2) is 67.0 Å². The summed E-state index contributed by atoms with van der Waals surface area (Å²) in [4.78, 5) is 14.3. The third kappa shape index (κ3) is 3.97. The van der Waals surface area contributed by atoms with Crippen LogP contribution in [0.25, 0.3) is 5.69 Å². The smallest absolute Gasteiger partial charge is 0.242 e. The van der Waals surface area contributed by atoms with E-state index in [4.69, 9.17) is 0 Å². The molecule has 1 aromatic heterocycles. The molecule has 26 heavy (non-hydrogen) atoms. The standard InChI is InChI=1S/C20H21FN4O/c1-24(2)19(17-6-3-4-7-18(17)21)20(26)22-14-15-8-10-16(11-9-15)25-13-5-12-23-25/h3-13,19H,14H2,1-2H3,(H,22,26). The second-order valence-corrected chi connectivity index (χ2v) is 6.22. The number of carbonyl (C=O) groups excluding carboxylic acids is 1. The summed E-state index contributed by atoms with van der Waals surface area (Å²) in [6, 6.07) is 15.3. The highest BCUT2D eigenvalue weighted by Gasteiger charge is 2.25. The molecule has 0 aliphatic carbocycles.